The van der Waals surface area contributed by atoms with Gasteiger partial charge in [0.05, 0.1) is 17.6 Å². The van der Waals surface area contributed by atoms with Gasteiger partial charge in [-0.15, -0.1) is 0 Å². The number of aromatic amines is 1. The fourth-order valence-electron chi connectivity index (χ4n) is 1.81. The van der Waals surface area contributed by atoms with Gasteiger partial charge < -0.3 is 9.72 Å². The highest BCUT2D eigenvalue weighted by molar-refractivity contribution is 5.78. The lowest BCUT2D eigenvalue weighted by molar-refractivity contribution is 0.357. The van der Waals surface area contributed by atoms with E-state index in [4.69, 9.17) is 4.74 Å². The maximum absolute atomic E-state index is 5.47. The van der Waals surface area contributed by atoms with Gasteiger partial charge in [-0.05, 0) is 18.6 Å². The number of hydrogen-bond donors (Lipinski definition) is 1. The first-order chi connectivity index (χ1) is 6.33. The number of fused-ring (bicyclic) bond motifs is 2. The molecule has 1 aromatic heterocycles. The fourth-order valence-corrected chi connectivity index (χ4v) is 1.81. The number of nitrogens with zero attached hydrogens (tertiary/aromatic N) is 1. The van der Waals surface area contributed by atoms with Crippen LogP contribution in [0.15, 0.2) is 12.1 Å². The zero-order valence-electron chi connectivity index (χ0n) is 7.42. The summed E-state index contributed by atoms with van der Waals surface area (Å²) in [6.07, 6.45) is 1.01. The second-order valence-corrected chi connectivity index (χ2v) is 3.40. The maximum atomic E-state index is 5.47. The Morgan fingerprint density at radius 1 is 1.46 bits per heavy atom. The molecule has 2 aromatic rings. The third-order valence-electron chi connectivity index (χ3n) is 2.41. The van der Waals surface area contributed by atoms with Crippen molar-refractivity contribution in [3.8, 4) is 5.75 Å². The average Bonchev–Trinajstić information content (AvgIpc) is 2.63. The molecule has 0 radical (unpaired) electrons. The number of nitrogens with one attached hydrogen (secondary N) is 1. The Morgan fingerprint density at radius 2 is 2.38 bits per heavy atom. The molecule has 0 atom stereocenters. The van der Waals surface area contributed by atoms with E-state index in [9.17, 15) is 0 Å². The summed E-state index contributed by atoms with van der Waals surface area (Å²) in [6, 6.07) is 4.15. The van der Waals surface area contributed by atoms with Crippen molar-refractivity contribution in [3.05, 3.63) is 23.5 Å². The second kappa shape index (κ2) is 2.25. The Labute approximate surface area is 75.7 Å². The van der Waals surface area contributed by atoms with Crippen LogP contribution in [0.3, 0.4) is 0 Å². The Hall–Kier alpha value is -1.51. The molecule has 0 aliphatic carbocycles. The topological polar surface area (TPSA) is 37.9 Å². The monoisotopic (exact) mass is 174 g/mol. The van der Waals surface area contributed by atoms with E-state index in [1.807, 2.05) is 13.0 Å². The Morgan fingerprint density at radius 3 is 3.31 bits per heavy atom. The quantitative estimate of drug-likeness (QED) is 0.661. The summed E-state index contributed by atoms with van der Waals surface area (Å²) < 4.78 is 5.47. The van der Waals surface area contributed by atoms with Crippen LogP contribution in [0.5, 0.6) is 5.75 Å². The highest BCUT2D eigenvalue weighted by Crippen LogP contribution is 2.29. The van der Waals surface area contributed by atoms with Gasteiger partial charge in [0.15, 0.2) is 0 Å². The van der Waals surface area contributed by atoms with Gasteiger partial charge in [0.2, 0.25) is 0 Å². The highest BCUT2D eigenvalue weighted by Gasteiger charge is 2.13. The van der Waals surface area contributed by atoms with Crippen molar-refractivity contribution < 1.29 is 4.74 Å². The molecule has 0 unspecified atom stereocenters. The number of imidazole rings is 1. The van der Waals surface area contributed by atoms with Crippen molar-refractivity contribution in [3.63, 3.8) is 0 Å². The number of ether oxygens (including phenoxy) is 1. The normalized spacial score (nSPS) is 14.5. The summed E-state index contributed by atoms with van der Waals surface area (Å²) in [5.41, 5.74) is 3.39. The van der Waals surface area contributed by atoms with Crippen molar-refractivity contribution >= 4 is 11.0 Å². The SMILES string of the molecule is Cc1nc2cc3c(cc2[nH]1)OCC3. The average molecular weight is 174 g/mol. The lowest BCUT2D eigenvalue weighted by Gasteiger charge is -1.96. The van der Waals surface area contributed by atoms with Crippen molar-refractivity contribution in [1.29, 1.82) is 0 Å². The molecule has 66 valence electrons. The van der Waals surface area contributed by atoms with Gasteiger partial charge in [-0.1, -0.05) is 0 Å². The predicted molar refractivity (Wildman–Crippen MR) is 50.0 cm³/mol. The summed E-state index contributed by atoms with van der Waals surface area (Å²) in [4.78, 5) is 7.58. The lowest BCUT2D eigenvalue weighted by Crippen LogP contribution is -1.85. The zero-order valence-corrected chi connectivity index (χ0v) is 7.42. The first kappa shape index (κ1) is 6.95. The molecule has 0 spiro atoms. The van der Waals surface area contributed by atoms with Crippen LogP contribution in [-0.4, -0.2) is 16.6 Å². The molecule has 13 heavy (non-hydrogen) atoms. The number of H-pyrrole nitrogens is 1. The molecular weight excluding hydrogens is 164 g/mol. The minimum absolute atomic E-state index is 0.806. The molecule has 3 rings (SSSR count). The van der Waals surface area contributed by atoms with E-state index >= 15 is 0 Å². The lowest BCUT2D eigenvalue weighted by atomic mass is 10.1. The molecule has 2 heterocycles. The molecule has 0 saturated heterocycles. The highest BCUT2D eigenvalue weighted by atomic mass is 16.5. The Balaban J connectivity index is 2.35. The summed E-state index contributed by atoms with van der Waals surface area (Å²) in [6.45, 7) is 2.77. The van der Waals surface area contributed by atoms with Crippen LogP contribution in [0, 0.1) is 6.92 Å². The van der Waals surface area contributed by atoms with E-state index in [0.717, 1.165) is 35.6 Å². The van der Waals surface area contributed by atoms with Gasteiger partial charge in [-0.3, -0.25) is 0 Å². The molecule has 0 fully saturated rings. The number of hydrogen-bond acceptors (Lipinski definition) is 2. The standard InChI is InChI=1S/C10H10N2O/c1-6-11-8-4-7-2-3-13-10(7)5-9(8)12-6/h4-5H,2-3H2,1H3,(H,11,12). The summed E-state index contributed by atoms with van der Waals surface area (Å²) in [5.74, 6) is 1.97. The smallest absolute Gasteiger partial charge is 0.124 e. The molecule has 1 aliphatic rings. The van der Waals surface area contributed by atoms with Crippen LogP contribution >= 0.6 is 0 Å². The van der Waals surface area contributed by atoms with Gasteiger partial charge in [0.1, 0.15) is 11.6 Å². The van der Waals surface area contributed by atoms with Crippen molar-refractivity contribution in [1.82, 2.24) is 9.97 Å². The van der Waals surface area contributed by atoms with E-state index in [0.29, 0.717) is 0 Å². The summed E-state index contributed by atoms with van der Waals surface area (Å²) in [7, 11) is 0. The fraction of sp³-hybridized carbons (Fsp3) is 0.300. The predicted octanol–water partition coefficient (Wildman–Crippen LogP) is 1.81. The second-order valence-electron chi connectivity index (χ2n) is 3.40. The maximum Gasteiger partial charge on any atom is 0.124 e. The van der Waals surface area contributed by atoms with Gasteiger partial charge in [0.25, 0.3) is 0 Å². The molecule has 3 heteroatoms. The van der Waals surface area contributed by atoms with E-state index in [1.54, 1.807) is 0 Å². The van der Waals surface area contributed by atoms with Crippen LogP contribution in [-0.2, 0) is 6.42 Å². The van der Waals surface area contributed by atoms with Gasteiger partial charge in [-0.2, -0.15) is 0 Å². The number of aromatic nitrogens is 2. The third-order valence-corrected chi connectivity index (χ3v) is 2.41. The molecular formula is C10H10N2O. The number of benzene rings is 1. The molecule has 0 amide bonds. The molecule has 3 nitrogen and oxygen atoms in total. The minimum atomic E-state index is 0.806. The van der Waals surface area contributed by atoms with Crippen LogP contribution in [0.25, 0.3) is 11.0 Å². The first-order valence-corrected chi connectivity index (χ1v) is 4.45. The Bertz CT molecular complexity index is 432. The van der Waals surface area contributed by atoms with Gasteiger partial charge >= 0.3 is 0 Å². The molecule has 1 aromatic carbocycles. The van der Waals surface area contributed by atoms with Crippen molar-refractivity contribution in [2.45, 2.75) is 13.3 Å². The molecule has 1 N–H and O–H groups in total. The third kappa shape index (κ3) is 0.932. The largest absolute Gasteiger partial charge is 0.493 e. The molecule has 1 aliphatic heterocycles. The van der Waals surface area contributed by atoms with Crippen molar-refractivity contribution in [2.75, 3.05) is 6.61 Å². The summed E-state index contributed by atoms with van der Waals surface area (Å²) in [5, 5.41) is 0. The van der Waals surface area contributed by atoms with Crippen LogP contribution < -0.4 is 4.74 Å². The van der Waals surface area contributed by atoms with E-state index in [-0.39, 0.29) is 0 Å². The zero-order chi connectivity index (χ0) is 8.84. The van der Waals surface area contributed by atoms with E-state index < -0.39 is 0 Å². The van der Waals surface area contributed by atoms with Crippen LogP contribution in [0.2, 0.25) is 0 Å². The number of aryl methyl sites for hydroxylation is 1. The summed E-state index contributed by atoms with van der Waals surface area (Å²) >= 11 is 0. The first-order valence-electron chi connectivity index (χ1n) is 4.45. The van der Waals surface area contributed by atoms with Gasteiger partial charge in [-0.25, -0.2) is 4.98 Å². The minimum Gasteiger partial charge on any atom is -0.493 e. The molecule has 0 saturated carbocycles. The number of rotatable bonds is 0. The van der Waals surface area contributed by atoms with Crippen LogP contribution in [0.1, 0.15) is 11.4 Å². The van der Waals surface area contributed by atoms with Crippen molar-refractivity contribution in [2.24, 2.45) is 0 Å². The Kier molecular flexibility index (Phi) is 1.20. The van der Waals surface area contributed by atoms with E-state index in [1.165, 1.54) is 5.56 Å². The van der Waals surface area contributed by atoms with Gasteiger partial charge in [0, 0.05) is 12.5 Å². The van der Waals surface area contributed by atoms with Crippen LogP contribution in [0.4, 0.5) is 0 Å². The molecule has 0 bridgehead atoms. The van der Waals surface area contributed by atoms with E-state index in [2.05, 4.69) is 16.0 Å².